The number of aldehydes is 1. The fourth-order valence-corrected chi connectivity index (χ4v) is 2.17. The van der Waals surface area contributed by atoms with E-state index in [1.54, 1.807) is 0 Å². The summed E-state index contributed by atoms with van der Waals surface area (Å²) in [6, 6.07) is 0. The van der Waals surface area contributed by atoms with Gasteiger partial charge < -0.3 is 4.79 Å². The van der Waals surface area contributed by atoms with Crippen LogP contribution in [0.1, 0.15) is 45.4 Å². The normalized spacial score (nSPS) is 16.7. The molecule has 0 bridgehead atoms. The minimum absolute atomic E-state index is 0.0351. The first-order chi connectivity index (χ1) is 7.65. The number of hydrogen-bond donors (Lipinski definition) is 0. The van der Waals surface area contributed by atoms with Crippen molar-refractivity contribution in [2.45, 2.75) is 45.4 Å². The van der Waals surface area contributed by atoms with Crippen LogP contribution in [0.4, 0.5) is 0 Å². The summed E-state index contributed by atoms with van der Waals surface area (Å²) in [4.78, 5) is 22.6. The average molecular weight is 220 g/mol. The van der Waals surface area contributed by atoms with Gasteiger partial charge in [0.2, 0.25) is 0 Å². The van der Waals surface area contributed by atoms with Crippen molar-refractivity contribution in [3.8, 4) is 0 Å². The number of ketones is 1. The highest BCUT2D eigenvalue weighted by atomic mass is 16.1. The molecule has 0 aliphatic heterocycles. The van der Waals surface area contributed by atoms with Crippen molar-refractivity contribution in [2.75, 3.05) is 0 Å². The summed E-state index contributed by atoms with van der Waals surface area (Å²) in [6.07, 6.45) is 7.81. The molecule has 0 saturated carbocycles. The van der Waals surface area contributed by atoms with E-state index in [9.17, 15) is 9.59 Å². The molecule has 0 aromatic rings. The van der Waals surface area contributed by atoms with Crippen molar-refractivity contribution >= 4 is 12.1 Å². The molecular formula is C14H20O2. The van der Waals surface area contributed by atoms with E-state index in [-0.39, 0.29) is 11.7 Å². The Kier molecular flexibility index (Phi) is 5.17. The first kappa shape index (κ1) is 12.9. The van der Waals surface area contributed by atoms with Gasteiger partial charge in [-0.25, -0.2) is 0 Å². The van der Waals surface area contributed by atoms with E-state index in [2.05, 4.69) is 12.7 Å². The Hall–Kier alpha value is -1.18. The van der Waals surface area contributed by atoms with Crippen molar-refractivity contribution in [2.24, 2.45) is 5.92 Å². The van der Waals surface area contributed by atoms with Gasteiger partial charge in [0.1, 0.15) is 6.29 Å². The number of hydrogen-bond acceptors (Lipinski definition) is 2. The maximum atomic E-state index is 12.2. The molecule has 1 unspecified atom stereocenters. The van der Waals surface area contributed by atoms with E-state index >= 15 is 0 Å². The van der Waals surface area contributed by atoms with Gasteiger partial charge in [0, 0.05) is 12.3 Å². The Labute approximate surface area is 97.4 Å². The van der Waals surface area contributed by atoms with Crippen molar-refractivity contribution in [1.29, 1.82) is 0 Å². The molecule has 0 saturated heterocycles. The van der Waals surface area contributed by atoms with Gasteiger partial charge in [-0.05, 0) is 44.6 Å². The van der Waals surface area contributed by atoms with E-state index in [1.165, 1.54) is 0 Å². The zero-order valence-electron chi connectivity index (χ0n) is 10.00. The van der Waals surface area contributed by atoms with Crippen LogP contribution >= 0.6 is 0 Å². The van der Waals surface area contributed by atoms with E-state index in [0.29, 0.717) is 19.3 Å². The van der Waals surface area contributed by atoms with Gasteiger partial charge in [-0.3, -0.25) is 4.79 Å². The van der Waals surface area contributed by atoms with Crippen LogP contribution in [-0.2, 0) is 9.59 Å². The lowest BCUT2D eigenvalue weighted by molar-refractivity contribution is -0.119. The molecule has 0 aromatic heterocycles. The molecule has 1 aliphatic carbocycles. The van der Waals surface area contributed by atoms with Crippen molar-refractivity contribution in [3.63, 3.8) is 0 Å². The number of allylic oxidation sites excluding steroid dienone is 3. The maximum Gasteiger partial charge on any atom is 0.161 e. The van der Waals surface area contributed by atoms with Crippen LogP contribution in [0.3, 0.4) is 0 Å². The van der Waals surface area contributed by atoms with Crippen LogP contribution in [0.2, 0.25) is 0 Å². The minimum atomic E-state index is -0.0351. The Morgan fingerprint density at radius 3 is 2.88 bits per heavy atom. The third kappa shape index (κ3) is 3.76. The lowest BCUT2D eigenvalue weighted by Gasteiger charge is -2.15. The molecular weight excluding hydrogens is 200 g/mol. The summed E-state index contributed by atoms with van der Waals surface area (Å²) in [5, 5.41) is 0. The molecule has 1 aliphatic rings. The highest BCUT2D eigenvalue weighted by Crippen LogP contribution is 2.26. The van der Waals surface area contributed by atoms with Crippen LogP contribution in [0.25, 0.3) is 0 Å². The SMILES string of the molecule is C=C(C)CC(CCC=O)C(=O)C1=CCCC1. The van der Waals surface area contributed by atoms with Gasteiger partial charge in [-0.15, -0.1) is 6.58 Å². The zero-order chi connectivity index (χ0) is 12.0. The van der Waals surface area contributed by atoms with Crippen LogP contribution < -0.4 is 0 Å². The largest absolute Gasteiger partial charge is 0.303 e. The highest BCUT2D eigenvalue weighted by Gasteiger charge is 2.22. The van der Waals surface area contributed by atoms with Gasteiger partial charge in [0.25, 0.3) is 0 Å². The summed E-state index contributed by atoms with van der Waals surface area (Å²) in [5.74, 6) is 0.203. The average Bonchev–Trinajstić information content (AvgIpc) is 2.76. The topological polar surface area (TPSA) is 34.1 Å². The van der Waals surface area contributed by atoms with Gasteiger partial charge in [0.15, 0.2) is 5.78 Å². The molecule has 2 heteroatoms. The lowest BCUT2D eigenvalue weighted by atomic mass is 9.88. The second kappa shape index (κ2) is 6.41. The summed E-state index contributed by atoms with van der Waals surface area (Å²) in [7, 11) is 0. The Balaban J connectivity index is 2.62. The summed E-state index contributed by atoms with van der Waals surface area (Å²) in [6.45, 7) is 5.79. The van der Waals surface area contributed by atoms with Gasteiger partial charge in [0.05, 0.1) is 0 Å². The van der Waals surface area contributed by atoms with Gasteiger partial charge in [-0.1, -0.05) is 11.6 Å². The maximum absolute atomic E-state index is 12.2. The van der Waals surface area contributed by atoms with Crippen LogP contribution in [0.15, 0.2) is 23.8 Å². The molecule has 1 atom stereocenters. The second-order valence-corrected chi connectivity index (χ2v) is 4.59. The van der Waals surface area contributed by atoms with Crippen LogP contribution in [-0.4, -0.2) is 12.1 Å². The molecule has 0 spiro atoms. The van der Waals surface area contributed by atoms with Crippen LogP contribution in [0.5, 0.6) is 0 Å². The third-order valence-electron chi connectivity index (χ3n) is 2.96. The first-order valence-corrected chi connectivity index (χ1v) is 5.96. The fraction of sp³-hybridized carbons (Fsp3) is 0.571. The van der Waals surface area contributed by atoms with Gasteiger partial charge in [-0.2, -0.15) is 0 Å². The van der Waals surface area contributed by atoms with Gasteiger partial charge >= 0.3 is 0 Å². The number of rotatable bonds is 7. The Morgan fingerprint density at radius 2 is 2.38 bits per heavy atom. The molecule has 0 amide bonds. The molecule has 1 rings (SSSR count). The molecule has 0 fully saturated rings. The van der Waals surface area contributed by atoms with Crippen molar-refractivity contribution in [1.82, 2.24) is 0 Å². The first-order valence-electron chi connectivity index (χ1n) is 5.96. The molecule has 0 N–H and O–H groups in total. The smallest absolute Gasteiger partial charge is 0.161 e. The summed E-state index contributed by atoms with van der Waals surface area (Å²) < 4.78 is 0. The minimum Gasteiger partial charge on any atom is -0.303 e. The quantitative estimate of drug-likeness (QED) is 0.487. The van der Waals surface area contributed by atoms with Crippen molar-refractivity contribution < 1.29 is 9.59 Å². The molecule has 2 nitrogen and oxygen atoms in total. The van der Waals surface area contributed by atoms with E-state index in [4.69, 9.17) is 0 Å². The monoisotopic (exact) mass is 220 g/mol. The predicted molar refractivity (Wildman–Crippen MR) is 65.2 cm³/mol. The third-order valence-corrected chi connectivity index (χ3v) is 2.96. The highest BCUT2D eigenvalue weighted by molar-refractivity contribution is 5.97. The standard InChI is InChI=1S/C14H20O2/c1-11(2)10-13(8-5-9-15)14(16)12-6-3-4-7-12/h6,9,13H,1,3-5,7-8,10H2,2H3. The van der Waals surface area contributed by atoms with Crippen LogP contribution in [0, 0.1) is 5.92 Å². The van der Waals surface area contributed by atoms with E-state index in [0.717, 1.165) is 36.7 Å². The zero-order valence-corrected chi connectivity index (χ0v) is 10.00. The van der Waals surface area contributed by atoms with Crippen molar-refractivity contribution in [3.05, 3.63) is 23.8 Å². The summed E-state index contributed by atoms with van der Waals surface area (Å²) in [5.41, 5.74) is 1.99. The van der Waals surface area contributed by atoms with E-state index < -0.39 is 0 Å². The predicted octanol–water partition coefficient (Wildman–Crippen LogP) is 3.23. The number of carbonyl (C=O) groups excluding carboxylic acids is 2. The fourth-order valence-electron chi connectivity index (χ4n) is 2.17. The molecule has 16 heavy (non-hydrogen) atoms. The molecule has 0 aromatic carbocycles. The Morgan fingerprint density at radius 1 is 1.62 bits per heavy atom. The molecule has 88 valence electrons. The van der Waals surface area contributed by atoms with E-state index in [1.807, 2.05) is 6.92 Å². The number of carbonyl (C=O) groups is 2. The summed E-state index contributed by atoms with van der Waals surface area (Å²) >= 11 is 0. The lowest BCUT2D eigenvalue weighted by Crippen LogP contribution is -2.16. The molecule has 0 heterocycles. The second-order valence-electron chi connectivity index (χ2n) is 4.59. The number of Topliss-reactive ketones (excluding diaryl/α,β-unsaturated/α-hetero) is 1. The molecule has 0 radical (unpaired) electrons. The Bertz CT molecular complexity index is 313.